The van der Waals surface area contributed by atoms with Gasteiger partial charge in [0, 0.05) is 17.1 Å². The number of benzene rings is 1. The highest BCUT2D eigenvalue weighted by Crippen LogP contribution is 2.29. The van der Waals surface area contributed by atoms with Crippen LogP contribution in [0.3, 0.4) is 0 Å². The molecule has 0 atom stereocenters. The second-order valence-electron chi connectivity index (χ2n) is 5.87. The van der Waals surface area contributed by atoms with Crippen LogP contribution < -0.4 is 10.9 Å². The Morgan fingerprint density at radius 2 is 2.04 bits per heavy atom. The Morgan fingerprint density at radius 1 is 1.30 bits per heavy atom. The molecule has 1 amide bonds. The van der Waals surface area contributed by atoms with Gasteiger partial charge in [-0.25, -0.2) is 4.98 Å². The molecule has 1 aromatic carbocycles. The van der Waals surface area contributed by atoms with E-state index >= 15 is 0 Å². The smallest absolute Gasteiger partial charge is 0.263 e. The molecule has 0 unspecified atom stereocenters. The molecule has 2 aromatic heterocycles. The third-order valence-electron chi connectivity index (χ3n) is 4.11. The van der Waals surface area contributed by atoms with Crippen LogP contribution >= 0.6 is 46.3 Å². The predicted molar refractivity (Wildman–Crippen MR) is 115 cm³/mol. The maximum Gasteiger partial charge on any atom is 0.263 e. The monoisotopic (exact) mass is 441 g/mol. The Morgan fingerprint density at radius 3 is 2.70 bits per heavy atom. The zero-order valence-corrected chi connectivity index (χ0v) is 18.1. The predicted octanol–water partition coefficient (Wildman–Crippen LogP) is 5.13. The van der Waals surface area contributed by atoms with Crippen LogP contribution in [0, 0.1) is 13.8 Å². The van der Waals surface area contributed by atoms with Gasteiger partial charge in [-0.3, -0.25) is 14.2 Å². The van der Waals surface area contributed by atoms with E-state index in [0.29, 0.717) is 37.7 Å². The lowest BCUT2D eigenvalue weighted by Gasteiger charge is -2.10. The number of anilines is 1. The number of hydrogen-bond donors (Lipinski definition) is 1. The summed E-state index contributed by atoms with van der Waals surface area (Å²) in [4.78, 5) is 31.5. The maximum absolute atomic E-state index is 12.8. The van der Waals surface area contributed by atoms with Gasteiger partial charge >= 0.3 is 0 Å². The minimum absolute atomic E-state index is 0.0586. The van der Waals surface area contributed by atoms with E-state index in [-0.39, 0.29) is 17.2 Å². The van der Waals surface area contributed by atoms with Crippen LogP contribution in [0.5, 0.6) is 0 Å². The Bertz CT molecular complexity index is 1090. The van der Waals surface area contributed by atoms with Crippen molar-refractivity contribution in [2.24, 2.45) is 0 Å². The van der Waals surface area contributed by atoms with Crippen LogP contribution in [0.15, 0.2) is 28.2 Å². The molecule has 3 aromatic rings. The summed E-state index contributed by atoms with van der Waals surface area (Å²) in [5, 5.41) is 4.78. The Balaban J connectivity index is 1.80. The number of thioether (sulfide) groups is 1. The lowest BCUT2D eigenvalue weighted by molar-refractivity contribution is -0.113. The third kappa shape index (κ3) is 4.16. The normalized spacial score (nSPS) is 11.1. The molecule has 0 fully saturated rings. The van der Waals surface area contributed by atoms with E-state index in [1.54, 1.807) is 22.8 Å². The molecular formula is C18H17Cl2N3O2S2. The second kappa shape index (κ2) is 8.22. The number of rotatable bonds is 5. The molecule has 0 aliphatic heterocycles. The fourth-order valence-electron chi connectivity index (χ4n) is 2.60. The van der Waals surface area contributed by atoms with E-state index in [4.69, 9.17) is 23.2 Å². The van der Waals surface area contributed by atoms with Crippen molar-refractivity contribution in [3.63, 3.8) is 0 Å². The number of thiophene rings is 1. The van der Waals surface area contributed by atoms with Crippen LogP contribution in [-0.2, 0) is 11.3 Å². The van der Waals surface area contributed by atoms with Gasteiger partial charge in [0.2, 0.25) is 5.91 Å². The number of aryl methyl sites for hydroxylation is 2. The quantitative estimate of drug-likeness (QED) is 0.440. The van der Waals surface area contributed by atoms with E-state index in [9.17, 15) is 9.59 Å². The van der Waals surface area contributed by atoms with Crippen LogP contribution in [-0.4, -0.2) is 21.2 Å². The number of fused-ring (bicyclic) bond motifs is 1. The van der Waals surface area contributed by atoms with Gasteiger partial charge in [0.25, 0.3) is 5.56 Å². The van der Waals surface area contributed by atoms with Crippen LogP contribution in [0.4, 0.5) is 5.69 Å². The molecule has 27 heavy (non-hydrogen) atoms. The summed E-state index contributed by atoms with van der Waals surface area (Å²) < 4.78 is 1.61. The fraction of sp³-hybridized carbons (Fsp3) is 0.278. The molecule has 0 saturated carbocycles. The summed E-state index contributed by atoms with van der Waals surface area (Å²) in [5.74, 6) is -0.0874. The first-order valence-corrected chi connectivity index (χ1v) is 10.8. The molecule has 0 bridgehead atoms. The van der Waals surface area contributed by atoms with Crippen LogP contribution in [0.25, 0.3) is 10.2 Å². The van der Waals surface area contributed by atoms with Gasteiger partial charge in [0.05, 0.1) is 21.2 Å². The van der Waals surface area contributed by atoms with Crippen molar-refractivity contribution < 1.29 is 4.79 Å². The molecule has 5 nitrogen and oxygen atoms in total. The highest BCUT2D eigenvalue weighted by molar-refractivity contribution is 7.99. The standard InChI is InChI=1S/C18H17Cl2N3O2S2/c1-4-23-17(25)15-9(2)10(3)27-16(15)22-18(23)26-8-14(24)21-11-5-6-12(19)13(20)7-11/h5-7H,4,8H2,1-3H3,(H,21,24). The molecule has 0 saturated heterocycles. The topological polar surface area (TPSA) is 64.0 Å². The van der Waals surface area contributed by atoms with Gasteiger partial charge in [-0.05, 0) is 44.5 Å². The number of nitrogens with zero attached hydrogens (tertiary/aromatic N) is 2. The van der Waals surface area contributed by atoms with Gasteiger partial charge in [-0.1, -0.05) is 35.0 Å². The molecule has 3 rings (SSSR count). The number of amides is 1. The first-order valence-electron chi connectivity index (χ1n) is 8.20. The molecule has 0 aliphatic carbocycles. The van der Waals surface area contributed by atoms with Gasteiger partial charge < -0.3 is 5.32 Å². The van der Waals surface area contributed by atoms with E-state index in [1.807, 2.05) is 20.8 Å². The number of halogens is 2. The summed E-state index contributed by atoms with van der Waals surface area (Å²) in [5.41, 5.74) is 1.48. The van der Waals surface area contributed by atoms with Crippen molar-refractivity contribution >= 4 is 68.1 Å². The number of carbonyl (C=O) groups is 1. The van der Waals surface area contributed by atoms with E-state index in [0.717, 1.165) is 10.4 Å². The summed E-state index contributed by atoms with van der Waals surface area (Å²) in [6, 6.07) is 4.90. The Labute approximate surface area is 174 Å². The minimum Gasteiger partial charge on any atom is -0.325 e. The maximum atomic E-state index is 12.8. The molecule has 142 valence electrons. The number of nitrogens with one attached hydrogen (secondary N) is 1. The van der Waals surface area contributed by atoms with Crippen molar-refractivity contribution in [2.45, 2.75) is 32.5 Å². The highest BCUT2D eigenvalue weighted by atomic mass is 35.5. The average molecular weight is 442 g/mol. The highest BCUT2D eigenvalue weighted by Gasteiger charge is 2.17. The molecular weight excluding hydrogens is 425 g/mol. The lowest BCUT2D eigenvalue weighted by Crippen LogP contribution is -2.23. The summed E-state index contributed by atoms with van der Waals surface area (Å²) in [6.45, 7) is 6.31. The number of aromatic nitrogens is 2. The zero-order chi connectivity index (χ0) is 19.7. The van der Waals surface area contributed by atoms with E-state index < -0.39 is 0 Å². The van der Waals surface area contributed by atoms with Gasteiger partial charge in [0.15, 0.2) is 5.16 Å². The van der Waals surface area contributed by atoms with E-state index in [2.05, 4.69) is 10.3 Å². The van der Waals surface area contributed by atoms with Crippen LogP contribution in [0.1, 0.15) is 17.4 Å². The SMILES string of the molecule is CCn1c(SCC(=O)Nc2ccc(Cl)c(Cl)c2)nc2sc(C)c(C)c2c1=O. The molecule has 0 aliphatic rings. The fourth-order valence-corrected chi connectivity index (χ4v) is 4.83. The van der Waals surface area contributed by atoms with Crippen molar-refractivity contribution in [1.29, 1.82) is 0 Å². The molecule has 9 heteroatoms. The van der Waals surface area contributed by atoms with Crippen molar-refractivity contribution in [1.82, 2.24) is 9.55 Å². The van der Waals surface area contributed by atoms with Gasteiger partial charge in [-0.15, -0.1) is 11.3 Å². The molecule has 0 spiro atoms. The van der Waals surface area contributed by atoms with Crippen molar-refractivity contribution in [2.75, 3.05) is 11.1 Å². The Kier molecular flexibility index (Phi) is 6.15. The molecule has 1 N–H and O–H groups in total. The number of hydrogen-bond acceptors (Lipinski definition) is 5. The first-order chi connectivity index (χ1) is 12.8. The first kappa shape index (κ1) is 20.2. The summed E-state index contributed by atoms with van der Waals surface area (Å²) in [6.07, 6.45) is 0. The van der Waals surface area contributed by atoms with Crippen molar-refractivity contribution in [3.8, 4) is 0 Å². The van der Waals surface area contributed by atoms with Gasteiger partial charge in [0.1, 0.15) is 4.83 Å². The second-order valence-corrected chi connectivity index (χ2v) is 8.83. The third-order valence-corrected chi connectivity index (χ3v) is 6.92. The lowest BCUT2D eigenvalue weighted by atomic mass is 10.2. The molecule has 0 radical (unpaired) electrons. The Hall–Kier alpha value is -1.54. The van der Waals surface area contributed by atoms with Crippen molar-refractivity contribution in [3.05, 3.63) is 49.0 Å². The number of carbonyl (C=O) groups excluding carboxylic acids is 1. The minimum atomic E-state index is -0.214. The van der Waals surface area contributed by atoms with E-state index in [1.165, 1.54) is 23.1 Å². The molecule has 2 heterocycles. The summed E-state index contributed by atoms with van der Waals surface area (Å²) >= 11 is 14.6. The average Bonchev–Trinajstić information content (AvgIpc) is 2.91. The van der Waals surface area contributed by atoms with Crippen LogP contribution in [0.2, 0.25) is 10.0 Å². The summed E-state index contributed by atoms with van der Waals surface area (Å²) in [7, 11) is 0. The largest absolute Gasteiger partial charge is 0.325 e. The van der Waals surface area contributed by atoms with Gasteiger partial charge in [-0.2, -0.15) is 0 Å². The zero-order valence-electron chi connectivity index (χ0n) is 14.9.